The molecule has 3 aromatic rings. The number of carboxylic acids is 1. The molecular weight excluding hydrogens is 384 g/mol. The van der Waals surface area contributed by atoms with Crippen molar-refractivity contribution in [1.82, 2.24) is 9.97 Å². The number of aromatic nitrogens is 2. The molecule has 146 valence electrons. The maximum Gasteiger partial charge on any atom is 0.344 e. The topological polar surface area (TPSA) is 90.8 Å². The van der Waals surface area contributed by atoms with Crippen LogP contribution in [0.15, 0.2) is 42.5 Å². The molecule has 0 amide bonds. The van der Waals surface area contributed by atoms with Crippen LogP contribution in [-0.4, -0.2) is 34.3 Å². The first-order valence-electron chi connectivity index (χ1n) is 8.69. The first kappa shape index (κ1) is 19.7. The van der Waals surface area contributed by atoms with Gasteiger partial charge in [0, 0.05) is 5.02 Å². The van der Waals surface area contributed by atoms with Gasteiger partial charge in [-0.2, -0.15) is 9.97 Å². The normalized spacial score (nSPS) is 11.8. The first-order valence-corrected chi connectivity index (χ1v) is 9.06. The largest absolute Gasteiger partial charge is 0.480 e. The monoisotopic (exact) mass is 402 g/mol. The highest BCUT2D eigenvalue weighted by atomic mass is 35.5. The maximum absolute atomic E-state index is 11.2. The summed E-state index contributed by atoms with van der Waals surface area (Å²) in [7, 11) is 1.51. The van der Waals surface area contributed by atoms with Crippen LogP contribution in [0.1, 0.15) is 19.8 Å². The fourth-order valence-electron chi connectivity index (χ4n) is 2.60. The molecule has 0 saturated carbocycles. The van der Waals surface area contributed by atoms with Gasteiger partial charge in [-0.1, -0.05) is 24.9 Å². The Labute approximate surface area is 166 Å². The van der Waals surface area contributed by atoms with E-state index in [1.807, 2.05) is 6.92 Å². The van der Waals surface area contributed by atoms with E-state index in [1.54, 1.807) is 42.5 Å². The second-order valence-corrected chi connectivity index (χ2v) is 6.42. The average molecular weight is 403 g/mol. The van der Waals surface area contributed by atoms with Crippen LogP contribution < -0.4 is 14.2 Å². The third-order valence-corrected chi connectivity index (χ3v) is 4.17. The minimum absolute atomic E-state index is 0.120. The van der Waals surface area contributed by atoms with Gasteiger partial charge in [0.2, 0.25) is 5.88 Å². The SMILES string of the molecule is CCCC(Oc1ccc(Oc2nc(OC)c3cc(Cl)ccc3n2)cc1)C(=O)O. The predicted octanol–water partition coefficient (Wildman–Crippen LogP) is 4.72. The van der Waals surface area contributed by atoms with Crippen LogP contribution in [0, 0.1) is 0 Å². The number of aliphatic carboxylic acids is 1. The summed E-state index contributed by atoms with van der Waals surface area (Å²) < 4.78 is 16.5. The van der Waals surface area contributed by atoms with E-state index < -0.39 is 12.1 Å². The summed E-state index contributed by atoms with van der Waals surface area (Å²) in [6.45, 7) is 1.90. The van der Waals surface area contributed by atoms with Crippen LogP contribution in [-0.2, 0) is 4.79 Å². The number of halogens is 1. The van der Waals surface area contributed by atoms with Gasteiger partial charge in [-0.25, -0.2) is 4.79 Å². The van der Waals surface area contributed by atoms with E-state index >= 15 is 0 Å². The molecule has 8 heteroatoms. The number of fused-ring (bicyclic) bond motifs is 1. The Bertz CT molecular complexity index is 978. The second kappa shape index (κ2) is 8.75. The molecule has 7 nitrogen and oxygen atoms in total. The summed E-state index contributed by atoms with van der Waals surface area (Å²) in [5.74, 6) is 0.287. The van der Waals surface area contributed by atoms with Crippen molar-refractivity contribution in [3.63, 3.8) is 0 Å². The van der Waals surface area contributed by atoms with Crippen molar-refractivity contribution in [2.24, 2.45) is 0 Å². The van der Waals surface area contributed by atoms with Crippen LogP contribution >= 0.6 is 11.6 Å². The van der Waals surface area contributed by atoms with Crippen LogP contribution in [0.3, 0.4) is 0 Å². The molecule has 1 atom stereocenters. The van der Waals surface area contributed by atoms with Crippen molar-refractivity contribution >= 4 is 28.5 Å². The van der Waals surface area contributed by atoms with Crippen molar-refractivity contribution in [2.45, 2.75) is 25.9 Å². The van der Waals surface area contributed by atoms with E-state index in [1.165, 1.54) is 7.11 Å². The average Bonchev–Trinajstić information content (AvgIpc) is 2.68. The predicted molar refractivity (Wildman–Crippen MR) is 105 cm³/mol. The summed E-state index contributed by atoms with van der Waals surface area (Å²) in [4.78, 5) is 19.8. The lowest BCUT2D eigenvalue weighted by atomic mass is 10.2. The number of hydrogen-bond acceptors (Lipinski definition) is 6. The molecule has 3 rings (SSSR count). The smallest absolute Gasteiger partial charge is 0.344 e. The van der Waals surface area contributed by atoms with Gasteiger partial charge >= 0.3 is 12.0 Å². The van der Waals surface area contributed by atoms with E-state index in [9.17, 15) is 9.90 Å². The lowest BCUT2D eigenvalue weighted by Gasteiger charge is -2.14. The number of nitrogens with zero attached hydrogens (tertiary/aromatic N) is 2. The van der Waals surface area contributed by atoms with E-state index in [0.29, 0.717) is 46.1 Å². The standard InChI is InChI=1S/C20H19ClN2O5/c1-3-4-17(19(24)25)27-13-6-8-14(9-7-13)28-20-22-16-10-5-12(21)11-15(16)18(23-20)26-2/h5-11,17H,3-4H2,1-2H3,(H,24,25). The molecule has 1 aromatic heterocycles. The Kier molecular flexibility index (Phi) is 6.16. The highest BCUT2D eigenvalue weighted by Crippen LogP contribution is 2.29. The molecule has 0 spiro atoms. The molecule has 0 saturated heterocycles. The summed E-state index contributed by atoms with van der Waals surface area (Å²) in [6, 6.07) is 11.9. The van der Waals surface area contributed by atoms with E-state index in [-0.39, 0.29) is 6.01 Å². The highest BCUT2D eigenvalue weighted by Gasteiger charge is 2.18. The molecule has 1 unspecified atom stereocenters. The number of carbonyl (C=O) groups is 1. The molecule has 0 fully saturated rings. The summed E-state index contributed by atoms with van der Waals surface area (Å²) in [6.07, 6.45) is 0.268. The third-order valence-electron chi connectivity index (χ3n) is 3.93. The van der Waals surface area contributed by atoms with Gasteiger partial charge in [-0.05, 0) is 48.9 Å². The minimum atomic E-state index is -0.987. The molecule has 28 heavy (non-hydrogen) atoms. The number of rotatable bonds is 8. The zero-order chi connectivity index (χ0) is 20.1. The summed E-state index contributed by atoms with van der Waals surface area (Å²) in [5.41, 5.74) is 0.634. The van der Waals surface area contributed by atoms with E-state index in [4.69, 9.17) is 25.8 Å². The van der Waals surface area contributed by atoms with Crippen LogP contribution in [0.4, 0.5) is 0 Å². The van der Waals surface area contributed by atoms with Crippen LogP contribution in [0.5, 0.6) is 23.4 Å². The number of carboxylic acid groups (broad SMARTS) is 1. The highest BCUT2D eigenvalue weighted by molar-refractivity contribution is 6.31. The number of methoxy groups -OCH3 is 1. The zero-order valence-corrected chi connectivity index (χ0v) is 16.1. The molecule has 0 aliphatic heterocycles. The van der Waals surface area contributed by atoms with Crippen molar-refractivity contribution in [3.05, 3.63) is 47.5 Å². The number of ether oxygens (including phenoxy) is 3. The molecule has 2 aromatic carbocycles. The lowest BCUT2D eigenvalue weighted by molar-refractivity contribution is -0.145. The van der Waals surface area contributed by atoms with Gasteiger partial charge in [-0.3, -0.25) is 0 Å². The van der Waals surface area contributed by atoms with E-state index in [2.05, 4.69) is 9.97 Å². The van der Waals surface area contributed by atoms with Crippen molar-refractivity contribution in [2.75, 3.05) is 7.11 Å². The fraction of sp³-hybridized carbons (Fsp3) is 0.250. The van der Waals surface area contributed by atoms with Crippen molar-refractivity contribution in [1.29, 1.82) is 0 Å². The van der Waals surface area contributed by atoms with Gasteiger partial charge < -0.3 is 19.3 Å². The second-order valence-electron chi connectivity index (χ2n) is 5.98. The molecule has 1 N–H and O–H groups in total. The molecule has 0 aliphatic rings. The molecule has 1 heterocycles. The van der Waals surface area contributed by atoms with Gasteiger partial charge in [-0.15, -0.1) is 0 Å². The Balaban J connectivity index is 1.78. The third kappa shape index (κ3) is 4.61. The lowest BCUT2D eigenvalue weighted by Crippen LogP contribution is -2.26. The van der Waals surface area contributed by atoms with Crippen LogP contribution in [0.2, 0.25) is 5.02 Å². The molecule has 0 bridgehead atoms. The molecule has 0 aliphatic carbocycles. The van der Waals surface area contributed by atoms with Gasteiger partial charge in [0.1, 0.15) is 11.5 Å². The number of hydrogen-bond donors (Lipinski definition) is 1. The number of benzene rings is 2. The van der Waals surface area contributed by atoms with Gasteiger partial charge in [0.15, 0.2) is 6.10 Å². The van der Waals surface area contributed by atoms with Crippen LogP contribution in [0.25, 0.3) is 10.9 Å². The van der Waals surface area contributed by atoms with E-state index in [0.717, 1.165) is 0 Å². The minimum Gasteiger partial charge on any atom is -0.480 e. The Morgan fingerprint density at radius 1 is 1.14 bits per heavy atom. The first-order chi connectivity index (χ1) is 13.5. The Morgan fingerprint density at radius 2 is 1.86 bits per heavy atom. The van der Waals surface area contributed by atoms with Crippen molar-refractivity contribution in [3.8, 4) is 23.4 Å². The van der Waals surface area contributed by atoms with Gasteiger partial charge in [0.25, 0.3) is 0 Å². The Morgan fingerprint density at radius 3 is 2.50 bits per heavy atom. The van der Waals surface area contributed by atoms with Crippen molar-refractivity contribution < 1.29 is 24.1 Å². The zero-order valence-electron chi connectivity index (χ0n) is 15.4. The quantitative estimate of drug-likeness (QED) is 0.583. The van der Waals surface area contributed by atoms with Gasteiger partial charge in [0.05, 0.1) is 18.0 Å². The molecule has 0 radical (unpaired) electrons. The Hall–Kier alpha value is -3.06. The molecular formula is C20H19ClN2O5. The summed E-state index contributed by atoms with van der Waals surface area (Å²) in [5, 5.41) is 10.4. The maximum atomic E-state index is 11.2. The fourth-order valence-corrected chi connectivity index (χ4v) is 2.78. The summed E-state index contributed by atoms with van der Waals surface area (Å²) >= 11 is 6.02.